The second kappa shape index (κ2) is 8.23. The predicted molar refractivity (Wildman–Crippen MR) is 101 cm³/mol. The molecule has 2 N–H and O–H groups in total. The van der Waals surface area contributed by atoms with Crippen molar-refractivity contribution in [2.45, 2.75) is 56.1 Å². The number of carbonyl (C=O) groups excluding carboxylic acids is 2. The van der Waals surface area contributed by atoms with E-state index in [1.54, 1.807) is 0 Å². The van der Waals surface area contributed by atoms with Gasteiger partial charge in [0, 0.05) is 29.6 Å². The van der Waals surface area contributed by atoms with Gasteiger partial charge in [0.05, 0.1) is 11.3 Å². The topological polar surface area (TPSA) is 61.4 Å². The Hall–Kier alpha value is -1.53. The molecule has 3 rings (SSSR count). The Labute approximate surface area is 153 Å². The van der Waals surface area contributed by atoms with Crippen molar-refractivity contribution in [2.24, 2.45) is 0 Å². The Morgan fingerprint density at radius 3 is 2.80 bits per heavy atom. The van der Waals surface area contributed by atoms with Crippen LogP contribution in [0.3, 0.4) is 0 Å². The van der Waals surface area contributed by atoms with Crippen LogP contribution in [0.15, 0.2) is 29.2 Å². The monoisotopic (exact) mass is 361 g/mol. The summed E-state index contributed by atoms with van der Waals surface area (Å²) in [5.74, 6) is 0.446. The van der Waals surface area contributed by atoms with Crippen LogP contribution in [0.25, 0.3) is 0 Å². The van der Waals surface area contributed by atoms with Gasteiger partial charge in [0.1, 0.15) is 0 Å². The van der Waals surface area contributed by atoms with Gasteiger partial charge in [0.2, 0.25) is 5.91 Å². The number of nitrogens with zero attached hydrogens (tertiary/aromatic N) is 1. The summed E-state index contributed by atoms with van der Waals surface area (Å²) in [5.41, 5.74) is 0.726. The van der Waals surface area contributed by atoms with Crippen molar-refractivity contribution in [3.63, 3.8) is 0 Å². The van der Waals surface area contributed by atoms with Gasteiger partial charge in [0.15, 0.2) is 0 Å². The Kier molecular flexibility index (Phi) is 6.02. The van der Waals surface area contributed by atoms with E-state index in [2.05, 4.69) is 15.5 Å². The maximum atomic E-state index is 13.2. The van der Waals surface area contributed by atoms with Gasteiger partial charge >= 0.3 is 0 Å². The summed E-state index contributed by atoms with van der Waals surface area (Å²) in [7, 11) is 0. The molecular formula is C19H27N3O2S. The van der Waals surface area contributed by atoms with E-state index in [4.69, 9.17) is 0 Å². The molecule has 2 unspecified atom stereocenters. The minimum atomic E-state index is 0.00120. The number of fused-ring (bicyclic) bond motifs is 2. The Bertz CT molecular complexity index is 621. The van der Waals surface area contributed by atoms with Crippen molar-refractivity contribution >= 4 is 23.6 Å². The molecule has 25 heavy (non-hydrogen) atoms. The summed E-state index contributed by atoms with van der Waals surface area (Å²) in [6.45, 7) is 5.76. The lowest BCUT2D eigenvalue weighted by molar-refractivity contribution is -0.119. The molecule has 2 amide bonds. The number of thioether (sulfide) groups is 1. The predicted octanol–water partition coefficient (Wildman–Crippen LogP) is 2.27. The Morgan fingerprint density at radius 2 is 2.00 bits per heavy atom. The quantitative estimate of drug-likeness (QED) is 0.790. The molecule has 136 valence electrons. The molecule has 5 nitrogen and oxygen atoms in total. The molecule has 2 heterocycles. The van der Waals surface area contributed by atoms with E-state index in [0.29, 0.717) is 17.8 Å². The third kappa shape index (κ3) is 4.36. The number of amides is 2. The van der Waals surface area contributed by atoms with Crippen molar-refractivity contribution in [3.8, 4) is 0 Å². The van der Waals surface area contributed by atoms with Gasteiger partial charge in [0.25, 0.3) is 5.91 Å². The minimum absolute atomic E-state index is 0.00120. The first-order chi connectivity index (χ1) is 12.1. The van der Waals surface area contributed by atoms with E-state index in [9.17, 15) is 9.59 Å². The van der Waals surface area contributed by atoms with Crippen LogP contribution >= 0.6 is 11.8 Å². The van der Waals surface area contributed by atoms with E-state index in [1.165, 1.54) is 11.8 Å². The standard InChI is InChI=1S/C19H27N3O2S/c1-13(2)21-18(23)12-25-17-6-4-3-5-16(17)19(24)22-14-7-8-15(22)11-20-10-9-14/h3-6,13-15,20H,7-12H2,1-2H3,(H,21,23). The van der Waals surface area contributed by atoms with Gasteiger partial charge in [-0.05, 0) is 51.8 Å². The molecule has 2 aliphatic heterocycles. The van der Waals surface area contributed by atoms with Gasteiger partial charge in [-0.15, -0.1) is 11.8 Å². The first kappa shape index (κ1) is 18.3. The molecule has 1 aromatic carbocycles. The fourth-order valence-electron chi connectivity index (χ4n) is 3.73. The van der Waals surface area contributed by atoms with Crippen molar-refractivity contribution in [1.29, 1.82) is 0 Å². The van der Waals surface area contributed by atoms with Crippen LogP contribution in [0.5, 0.6) is 0 Å². The minimum Gasteiger partial charge on any atom is -0.353 e. The second-order valence-electron chi connectivity index (χ2n) is 7.10. The normalized spacial score (nSPS) is 22.8. The zero-order valence-corrected chi connectivity index (χ0v) is 15.8. The second-order valence-corrected chi connectivity index (χ2v) is 8.11. The van der Waals surface area contributed by atoms with Crippen LogP contribution in [-0.2, 0) is 4.79 Å². The van der Waals surface area contributed by atoms with Crippen LogP contribution in [0, 0.1) is 0 Å². The number of rotatable bonds is 5. The average Bonchev–Trinajstić information content (AvgIpc) is 2.85. The molecule has 0 spiro atoms. The van der Waals surface area contributed by atoms with Crippen molar-refractivity contribution in [2.75, 3.05) is 18.8 Å². The highest BCUT2D eigenvalue weighted by Gasteiger charge is 2.38. The van der Waals surface area contributed by atoms with E-state index in [0.717, 1.165) is 42.8 Å². The van der Waals surface area contributed by atoms with Gasteiger partial charge in [-0.3, -0.25) is 9.59 Å². The van der Waals surface area contributed by atoms with Crippen LogP contribution < -0.4 is 10.6 Å². The Balaban J connectivity index is 1.74. The third-order valence-electron chi connectivity index (χ3n) is 4.81. The van der Waals surface area contributed by atoms with Crippen LogP contribution in [-0.4, -0.2) is 53.7 Å². The van der Waals surface area contributed by atoms with Gasteiger partial charge in [-0.25, -0.2) is 0 Å². The van der Waals surface area contributed by atoms with E-state index >= 15 is 0 Å². The number of nitrogens with one attached hydrogen (secondary N) is 2. The lowest BCUT2D eigenvalue weighted by Gasteiger charge is -2.28. The highest BCUT2D eigenvalue weighted by Crippen LogP contribution is 2.32. The van der Waals surface area contributed by atoms with Gasteiger partial charge < -0.3 is 15.5 Å². The molecule has 2 atom stereocenters. The summed E-state index contributed by atoms with van der Waals surface area (Å²) >= 11 is 1.44. The summed E-state index contributed by atoms with van der Waals surface area (Å²) in [4.78, 5) is 28.2. The molecule has 1 aromatic rings. The highest BCUT2D eigenvalue weighted by atomic mass is 32.2. The maximum Gasteiger partial charge on any atom is 0.255 e. The first-order valence-electron chi connectivity index (χ1n) is 9.11. The van der Waals surface area contributed by atoms with Crippen LogP contribution in [0.2, 0.25) is 0 Å². The fraction of sp³-hybridized carbons (Fsp3) is 0.579. The zero-order chi connectivity index (χ0) is 17.8. The molecule has 0 radical (unpaired) electrons. The molecular weight excluding hydrogens is 334 g/mol. The summed E-state index contributed by atoms with van der Waals surface area (Å²) in [6, 6.07) is 8.44. The lowest BCUT2D eigenvalue weighted by atomic mass is 10.1. The molecule has 2 aliphatic rings. The summed E-state index contributed by atoms with van der Waals surface area (Å²) < 4.78 is 0. The number of hydrogen-bond donors (Lipinski definition) is 2. The smallest absolute Gasteiger partial charge is 0.255 e. The fourth-order valence-corrected chi connectivity index (χ4v) is 4.58. The number of benzene rings is 1. The number of carbonyl (C=O) groups is 2. The largest absolute Gasteiger partial charge is 0.353 e. The van der Waals surface area contributed by atoms with Crippen LogP contribution in [0.4, 0.5) is 0 Å². The van der Waals surface area contributed by atoms with Crippen LogP contribution in [0.1, 0.15) is 43.5 Å². The summed E-state index contributed by atoms with van der Waals surface area (Å²) in [6.07, 6.45) is 3.20. The number of hydrogen-bond acceptors (Lipinski definition) is 4. The Morgan fingerprint density at radius 1 is 1.24 bits per heavy atom. The van der Waals surface area contributed by atoms with E-state index < -0.39 is 0 Å². The zero-order valence-electron chi connectivity index (χ0n) is 15.0. The highest BCUT2D eigenvalue weighted by molar-refractivity contribution is 8.00. The molecule has 2 bridgehead atoms. The van der Waals surface area contributed by atoms with Crippen molar-refractivity contribution in [1.82, 2.24) is 15.5 Å². The molecule has 2 fully saturated rings. The molecule has 2 saturated heterocycles. The van der Waals surface area contributed by atoms with Crippen molar-refractivity contribution in [3.05, 3.63) is 29.8 Å². The SMILES string of the molecule is CC(C)NC(=O)CSc1ccccc1C(=O)N1C2CCNCC1CC2. The van der Waals surface area contributed by atoms with Crippen molar-refractivity contribution < 1.29 is 9.59 Å². The lowest BCUT2D eigenvalue weighted by Crippen LogP contribution is -2.42. The molecule has 6 heteroatoms. The van der Waals surface area contributed by atoms with E-state index in [1.807, 2.05) is 38.1 Å². The first-order valence-corrected chi connectivity index (χ1v) is 10.1. The maximum absolute atomic E-state index is 13.2. The van der Waals surface area contributed by atoms with E-state index in [-0.39, 0.29) is 17.9 Å². The third-order valence-corrected chi connectivity index (χ3v) is 5.89. The molecule has 0 aromatic heterocycles. The molecule has 0 saturated carbocycles. The molecule has 0 aliphatic carbocycles. The summed E-state index contributed by atoms with van der Waals surface area (Å²) in [5, 5.41) is 6.33. The average molecular weight is 362 g/mol. The van der Waals surface area contributed by atoms with Gasteiger partial charge in [-0.1, -0.05) is 12.1 Å². The van der Waals surface area contributed by atoms with Gasteiger partial charge in [-0.2, -0.15) is 0 Å².